The van der Waals surface area contributed by atoms with Crippen LogP contribution in [0.25, 0.3) is 0 Å². The molecule has 34 heavy (non-hydrogen) atoms. The van der Waals surface area contributed by atoms with E-state index in [4.69, 9.17) is 16.3 Å². The van der Waals surface area contributed by atoms with Gasteiger partial charge < -0.3 is 20.3 Å². The van der Waals surface area contributed by atoms with Crippen molar-refractivity contribution in [2.45, 2.75) is 44.2 Å². The topological polar surface area (TPSA) is 108 Å². The molecule has 0 radical (unpaired) electrons. The summed E-state index contributed by atoms with van der Waals surface area (Å²) in [6.07, 6.45) is 7.29. The zero-order chi connectivity index (χ0) is 24.1. The number of benzene rings is 1. The molecule has 0 saturated heterocycles. The smallest absolute Gasteiger partial charge is 0.229 e. The van der Waals surface area contributed by atoms with Gasteiger partial charge in [0.15, 0.2) is 5.82 Å². The van der Waals surface area contributed by atoms with Crippen molar-refractivity contribution in [1.29, 1.82) is 0 Å². The number of nitrogens with one attached hydrogen (secondary N) is 3. The van der Waals surface area contributed by atoms with E-state index in [0.717, 1.165) is 64.0 Å². The molecule has 0 bridgehead atoms. The molecule has 2 aliphatic rings. The minimum absolute atomic E-state index is 0.0801. The molecule has 3 N–H and O–H groups in total. The van der Waals surface area contributed by atoms with Crippen LogP contribution in [-0.2, 0) is 27.6 Å². The second-order valence-corrected chi connectivity index (χ2v) is 11.2. The largest absolute Gasteiger partial charge is 0.383 e. The number of nitrogens with zero attached hydrogens (tertiary/aromatic N) is 3. The highest BCUT2D eigenvalue weighted by molar-refractivity contribution is 7.88. The van der Waals surface area contributed by atoms with Gasteiger partial charge in [-0.2, -0.15) is 4.98 Å². The SMILES string of the molecule is COCCN1CCc2ccc(Nc3ncc(Cl)c(N[C@@H]4CCC[C@H]4NS(C)(=O)=O)n3)cc2CC1. The summed E-state index contributed by atoms with van der Waals surface area (Å²) in [6, 6.07) is 6.13. The summed E-state index contributed by atoms with van der Waals surface area (Å²) in [5.74, 6) is 0.933. The average Bonchev–Trinajstić information content (AvgIpc) is 3.10. The van der Waals surface area contributed by atoms with Gasteiger partial charge in [0.05, 0.1) is 19.1 Å². The molecule has 1 saturated carbocycles. The molecule has 0 unspecified atom stereocenters. The fourth-order valence-corrected chi connectivity index (χ4v) is 5.65. The van der Waals surface area contributed by atoms with Gasteiger partial charge in [0, 0.05) is 44.5 Å². The van der Waals surface area contributed by atoms with Crippen LogP contribution in [-0.4, -0.2) is 75.0 Å². The van der Waals surface area contributed by atoms with E-state index in [9.17, 15) is 8.42 Å². The lowest BCUT2D eigenvalue weighted by Gasteiger charge is -2.22. The molecule has 1 aliphatic carbocycles. The van der Waals surface area contributed by atoms with E-state index in [1.165, 1.54) is 17.4 Å². The molecule has 2 heterocycles. The van der Waals surface area contributed by atoms with E-state index in [1.807, 2.05) is 0 Å². The minimum atomic E-state index is -3.29. The van der Waals surface area contributed by atoms with E-state index in [-0.39, 0.29) is 12.1 Å². The lowest BCUT2D eigenvalue weighted by atomic mass is 10.0. The second-order valence-electron chi connectivity index (χ2n) is 9.01. The minimum Gasteiger partial charge on any atom is -0.383 e. The maximum absolute atomic E-state index is 11.7. The lowest BCUT2D eigenvalue weighted by Crippen LogP contribution is -2.43. The highest BCUT2D eigenvalue weighted by Gasteiger charge is 2.30. The van der Waals surface area contributed by atoms with Crippen molar-refractivity contribution in [1.82, 2.24) is 19.6 Å². The molecule has 2 aromatic rings. The number of aromatic nitrogens is 2. The summed E-state index contributed by atoms with van der Waals surface area (Å²) >= 11 is 6.35. The molecule has 1 aromatic carbocycles. The number of ether oxygens (including phenoxy) is 1. The highest BCUT2D eigenvalue weighted by atomic mass is 35.5. The Bertz CT molecular complexity index is 1100. The van der Waals surface area contributed by atoms with Crippen LogP contribution in [0.4, 0.5) is 17.5 Å². The van der Waals surface area contributed by atoms with E-state index in [0.29, 0.717) is 16.8 Å². The van der Waals surface area contributed by atoms with Crippen molar-refractivity contribution in [3.63, 3.8) is 0 Å². The molecule has 0 spiro atoms. The first-order valence-electron chi connectivity index (χ1n) is 11.7. The maximum atomic E-state index is 11.7. The van der Waals surface area contributed by atoms with Gasteiger partial charge in [0.2, 0.25) is 16.0 Å². The Morgan fingerprint density at radius 3 is 2.71 bits per heavy atom. The fourth-order valence-electron chi connectivity index (χ4n) is 4.68. The lowest BCUT2D eigenvalue weighted by molar-refractivity contribution is 0.150. The zero-order valence-corrected chi connectivity index (χ0v) is 21.3. The van der Waals surface area contributed by atoms with Gasteiger partial charge in [-0.3, -0.25) is 0 Å². The van der Waals surface area contributed by atoms with Crippen LogP contribution in [0.3, 0.4) is 0 Å². The van der Waals surface area contributed by atoms with Crippen LogP contribution in [0.15, 0.2) is 24.4 Å². The van der Waals surface area contributed by atoms with Crippen LogP contribution >= 0.6 is 11.6 Å². The summed E-state index contributed by atoms with van der Waals surface area (Å²) < 4.78 is 31.3. The Morgan fingerprint density at radius 1 is 1.18 bits per heavy atom. The van der Waals surface area contributed by atoms with Gasteiger partial charge in [-0.05, 0) is 55.4 Å². The predicted molar refractivity (Wildman–Crippen MR) is 136 cm³/mol. The van der Waals surface area contributed by atoms with Gasteiger partial charge in [-0.25, -0.2) is 18.1 Å². The van der Waals surface area contributed by atoms with E-state index in [2.05, 4.69) is 48.4 Å². The van der Waals surface area contributed by atoms with Crippen LogP contribution in [0, 0.1) is 0 Å². The van der Waals surface area contributed by atoms with Crippen molar-refractivity contribution in [3.05, 3.63) is 40.5 Å². The fraction of sp³-hybridized carbons (Fsp3) is 0.565. The summed E-state index contributed by atoms with van der Waals surface area (Å²) in [6.45, 7) is 3.75. The molecule has 2 atom stereocenters. The molecule has 1 aromatic heterocycles. The van der Waals surface area contributed by atoms with Gasteiger partial charge in [0.1, 0.15) is 5.02 Å². The molecular formula is C23H33ClN6O3S. The Kier molecular flexibility index (Phi) is 8.26. The summed E-state index contributed by atoms with van der Waals surface area (Å²) in [7, 11) is -1.55. The number of sulfonamides is 1. The van der Waals surface area contributed by atoms with E-state index in [1.54, 1.807) is 13.3 Å². The second kappa shape index (κ2) is 11.2. The Hall–Kier alpha value is -1.98. The van der Waals surface area contributed by atoms with E-state index >= 15 is 0 Å². The first-order valence-corrected chi connectivity index (χ1v) is 13.9. The third kappa shape index (κ3) is 6.79. The van der Waals surface area contributed by atoms with Crippen LogP contribution < -0.4 is 15.4 Å². The van der Waals surface area contributed by atoms with Crippen LogP contribution in [0.5, 0.6) is 0 Å². The third-order valence-electron chi connectivity index (χ3n) is 6.42. The van der Waals surface area contributed by atoms with Gasteiger partial charge >= 0.3 is 0 Å². The molecule has 9 nitrogen and oxygen atoms in total. The van der Waals surface area contributed by atoms with Crippen molar-refractivity contribution in [2.24, 2.45) is 0 Å². The summed E-state index contributed by atoms with van der Waals surface area (Å²) in [5, 5.41) is 7.01. The number of halogens is 1. The number of fused-ring (bicyclic) bond motifs is 1. The molecule has 1 fully saturated rings. The normalized spacial score (nSPS) is 21.1. The molecular weight excluding hydrogens is 476 g/mol. The summed E-state index contributed by atoms with van der Waals surface area (Å²) in [5.41, 5.74) is 3.63. The number of hydrogen-bond acceptors (Lipinski definition) is 8. The standard InChI is InChI=1S/C23H33ClN6O3S/c1-33-13-12-30-10-8-16-6-7-18(14-17(16)9-11-30)26-23-25-15-19(24)22(28-23)27-20-4-3-5-21(20)29-34(2,31)32/h6-7,14-15,20-21,29H,3-5,8-13H2,1-2H3,(H2,25,26,27,28)/t20-,21-/m1/s1. The molecule has 4 rings (SSSR count). The van der Waals surface area contributed by atoms with Gasteiger partial charge in [-0.15, -0.1) is 0 Å². The Balaban J connectivity index is 1.43. The first-order chi connectivity index (χ1) is 16.3. The molecule has 0 amide bonds. The molecule has 186 valence electrons. The van der Waals surface area contributed by atoms with Gasteiger partial charge in [0.25, 0.3) is 0 Å². The first kappa shape index (κ1) is 25.1. The highest BCUT2D eigenvalue weighted by Crippen LogP contribution is 2.28. The predicted octanol–water partition coefficient (Wildman–Crippen LogP) is 2.80. The van der Waals surface area contributed by atoms with Crippen LogP contribution in [0.1, 0.15) is 30.4 Å². The number of hydrogen-bond donors (Lipinski definition) is 3. The van der Waals surface area contributed by atoms with Gasteiger partial charge in [-0.1, -0.05) is 17.7 Å². The average molecular weight is 509 g/mol. The Morgan fingerprint density at radius 2 is 1.94 bits per heavy atom. The molecule has 1 aliphatic heterocycles. The van der Waals surface area contributed by atoms with Crippen molar-refractivity contribution in [2.75, 3.05) is 50.2 Å². The summed E-state index contributed by atoms with van der Waals surface area (Å²) in [4.78, 5) is 11.3. The van der Waals surface area contributed by atoms with Crippen LogP contribution in [0.2, 0.25) is 5.02 Å². The molecule has 11 heteroatoms. The Labute approximate surface area is 206 Å². The van der Waals surface area contributed by atoms with Crippen molar-refractivity contribution >= 4 is 39.1 Å². The zero-order valence-electron chi connectivity index (χ0n) is 19.7. The number of anilines is 3. The third-order valence-corrected chi connectivity index (χ3v) is 7.42. The number of rotatable bonds is 9. The van der Waals surface area contributed by atoms with E-state index < -0.39 is 10.0 Å². The van der Waals surface area contributed by atoms with Crippen molar-refractivity contribution in [3.8, 4) is 0 Å². The maximum Gasteiger partial charge on any atom is 0.229 e. The quantitative estimate of drug-likeness (QED) is 0.474. The van der Waals surface area contributed by atoms with Crippen molar-refractivity contribution < 1.29 is 13.2 Å². The monoisotopic (exact) mass is 508 g/mol. The number of methoxy groups -OCH3 is 1.